The molecule has 0 bridgehead atoms. The number of carbonyl (C=O) groups excluding carboxylic acids is 1. The van der Waals surface area contributed by atoms with Crippen LogP contribution in [0.4, 0.5) is 23.7 Å². The second-order valence-corrected chi connectivity index (χ2v) is 10.3. The molecule has 0 spiro atoms. The van der Waals surface area contributed by atoms with Crippen LogP contribution in [0, 0.1) is 0 Å². The van der Waals surface area contributed by atoms with E-state index >= 15 is 0 Å². The lowest BCUT2D eigenvalue weighted by molar-refractivity contribution is -0.139. The fraction of sp³-hybridized carbons (Fsp3) is 0.391. The van der Waals surface area contributed by atoms with Crippen LogP contribution >= 0.6 is 0 Å². The number of benzene rings is 2. The summed E-state index contributed by atoms with van der Waals surface area (Å²) in [6.45, 7) is 0. The molecular weight excluding hydrogens is 487 g/mol. The molecule has 1 aliphatic rings. The highest BCUT2D eigenvalue weighted by Crippen LogP contribution is 2.25. The number of carboxylic acid groups (broad SMARTS) is 1. The number of alkyl halides is 3. The predicted octanol–water partition coefficient (Wildman–Crippen LogP) is 3.90. The number of halogens is 3. The van der Waals surface area contributed by atoms with Gasteiger partial charge in [-0.1, -0.05) is 36.4 Å². The number of hydrogen-bond acceptors (Lipinski definition) is 4. The Bertz CT molecular complexity index is 1150. The third-order valence-corrected chi connectivity index (χ3v) is 6.72. The average Bonchev–Trinajstić information content (AvgIpc) is 3.56. The molecule has 190 valence electrons. The van der Waals surface area contributed by atoms with Crippen LogP contribution in [0.2, 0.25) is 0 Å². The van der Waals surface area contributed by atoms with E-state index in [1.165, 1.54) is 0 Å². The normalized spacial score (nSPS) is 14.8. The Morgan fingerprint density at radius 3 is 2.34 bits per heavy atom. The number of amides is 2. The molecule has 1 aliphatic carbocycles. The van der Waals surface area contributed by atoms with E-state index in [2.05, 4.69) is 10.6 Å². The number of nitrogens with one attached hydrogen (secondary N) is 3. The molecule has 3 rings (SSSR count). The first-order chi connectivity index (χ1) is 16.4. The Hall–Kier alpha value is -3.12. The van der Waals surface area contributed by atoms with Crippen molar-refractivity contribution < 1.29 is 36.3 Å². The molecular formula is C23H26F3N3O5S. The minimum Gasteiger partial charge on any atom is -0.480 e. The highest BCUT2D eigenvalue weighted by molar-refractivity contribution is 7.89. The van der Waals surface area contributed by atoms with Crippen LogP contribution in [-0.2, 0) is 21.2 Å². The maximum atomic E-state index is 12.3. The van der Waals surface area contributed by atoms with E-state index in [1.54, 1.807) is 42.5 Å². The second-order valence-electron chi connectivity index (χ2n) is 8.40. The van der Waals surface area contributed by atoms with E-state index in [0.29, 0.717) is 11.3 Å². The molecule has 2 aromatic carbocycles. The number of rotatable bonds is 11. The van der Waals surface area contributed by atoms with Gasteiger partial charge in [0.1, 0.15) is 6.04 Å². The minimum atomic E-state index is -4.48. The van der Waals surface area contributed by atoms with E-state index in [4.69, 9.17) is 0 Å². The maximum absolute atomic E-state index is 12.3. The summed E-state index contributed by atoms with van der Waals surface area (Å²) in [5.41, 5.74) is 2.73. The number of aliphatic carboxylic acids is 1. The van der Waals surface area contributed by atoms with Crippen molar-refractivity contribution in [3.63, 3.8) is 0 Å². The number of carboxylic acids is 1. The average molecular weight is 514 g/mol. The van der Waals surface area contributed by atoms with Gasteiger partial charge < -0.3 is 15.7 Å². The van der Waals surface area contributed by atoms with Gasteiger partial charge in [-0.3, -0.25) is 4.79 Å². The van der Waals surface area contributed by atoms with Crippen LogP contribution in [0.3, 0.4) is 0 Å². The molecule has 4 N–H and O–H groups in total. The zero-order chi connectivity index (χ0) is 25.6. The molecule has 35 heavy (non-hydrogen) atoms. The lowest BCUT2D eigenvalue weighted by Gasteiger charge is -2.15. The van der Waals surface area contributed by atoms with Crippen LogP contribution in [0.25, 0.3) is 11.1 Å². The van der Waals surface area contributed by atoms with Gasteiger partial charge in [-0.25, -0.2) is 17.9 Å². The van der Waals surface area contributed by atoms with Crippen LogP contribution < -0.4 is 15.4 Å². The van der Waals surface area contributed by atoms with Crippen molar-refractivity contribution in [3.8, 4) is 11.1 Å². The molecule has 0 radical (unpaired) electrons. The van der Waals surface area contributed by atoms with Gasteiger partial charge in [-0.05, 0) is 54.5 Å². The number of carbonyl (C=O) groups is 2. The van der Waals surface area contributed by atoms with Gasteiger partial charge in [0.25, 0.3) is 0 Å². The third-order valence-electron chi connectivity index (χ3n) is 5.25. The van der Waals surface area contributed by atoms with Crippen molar-refractivity contribution in [1.29, 1.82) is 0 Å². The number of anilines is 1. The molecule has 1 atom stereocenters. The van der Waals surface area contributed by atoms with Gasteiger partial charge in [-0.2, -0.15) is 13.2 Å². The van der Waals surface area contributed by atoms with Gasteiger partial charge >= 0.3 is 18.2 Å². The van der Waals surface area contributed by atoms with Crippen molar-refractivity contribution in [2.24, 2.45) is 0 Å². The van der Waals surface area contributed by atoms with Crippen molar-refractivity contribution in [2.45, 2.75) is 50.4 Å². The van der Waals surface area contributed by atoms with Crippen LogP contribution in [0.15, 0.2) is 48.5 Å². The zero-order valence-electron chi connectivity index (χ0n) is 18.6. The van der Waals surface area contributed by atoms with Crippen LogP contribution in [-0.4, -0.2) is 49.5 Å². The molecule has 0 saturated heterocycles. The molecule has 2 amide bonds. The SMILES string of the molecule is O=C(Nc1cccc(-c2ccc(C[C@H](NS(=O)(=O)CCCC(F)(F)F)C(=O)O)cc2)c1)NC1CC1. The van der Waals surface area contributed by atoms with Gasteiger partial charge in [0, 0.05) is 18.2 Å². The smallest absolute Gasteiger partial charge is 0.389 e. The predicted molar refractivity (Wildman–Crippen MR) is 124 cm³/mol. The standard InChI is InChI=1S/C23H26F3N3O5S/c24-23(25,26)11-2-12-35(33,34)29-20(21(30)31)13-15-5-7-16(8-6-15)17-3-1-4-19(14-17)28-22(32)27-18-9-10-18/h1,3-8,14,18,20,29H,2,9-13H2,(H,30,31)(H2,27,28,32)/t20-/m0/s1. The molecule has 0 unspecified atom stereocenters. The van der Waals surface area contributed by atoms with Crippen molar-refractivity contribution >= 4 is 27.7 Å². The summed E-state index contributed by atoms with van der Waals surface area (Å²) < 4.78 is 62.9. The fourth-order valence-electron chi connectivity index (χ4n) is 3.34. The highest BCUT2D eigenvalue weighted by Gasteiger charge is 2.29. The first kappa shape index (κ1) is 26.5. The van der Waals surface area contributed by atoms with Crippen molar-refractivity contribution in [1.82, 2.24) is 10.0 Å². The van der Waals surface area contributed by atoms with Crippen LogP contribution in [0.1, 0.15) is 31.2 Å². The summed E-state index contributed by atoms with van der Waals surface area (Å²) >= 11 is 0. The molecule has 8 nitrogen and oxygen atoms in total. The van der Waals surface area contributed by atoms with Gasteiger partial charge in [0.2, 0.25) is 10.0 Å². The maximum Gasteiger partial charge on any atom is 0.389 e. The third kappa shape index (κ3) is 9.21. The zero-order valence-corrected chi connectivity index (χ0v) is 19.5. The minimum absolute atomic E-state index is 0.183. The van der Waals surface area contributed by atoms with Gasteiger partial charge in [0.15, 0.2) is 0 Å². The summed E-state index contributed by atoms with van der Waals surface area (Å²) in [6.07, 6.45) is -4.64. The summed E-state index contributed by atoms with van der Waals surface area (Å²) in [4.78, 5) is 23.5. The Morgan fingerprint density at radius 2 is 1.74 bits per heavy atom. The Labute approximate surface area is 201 Å². The largest absolute Gasteiger partial charge is 0.480 e. The number of hydrogen-bond donors (Lipinski definition) is 4. The first-order valence-corrected chi connectivity index (χ1v) is 12.6. The monoisotopic (exact) mass is 513 g/mol. The van der Waals surface area contributed by atoms with E-state index in [9.17, 15) is 36.3 Å². The Balaban J connectivity index is 1.61. The summed E-state index contributed by atoms with van der Waals surface area (Å²) in [7, 11) is -4.21. The summed E-state index contributed by atoms with van der Waals surface area (Å²) in [5, 5.41) is 15.0. The van der Waals surface area contributed by atoms with E-state index < -0.39 is 46.8 Å². The summed E-state index contributed by atoms with van der Waals surface area (Å²) in [5.74, 6) is -2.25. The lowest BCUT2D eigenvalue weighted by Crippen LogP contribution is -2.43. The molecule has 1 saturated carbocycles. The molecule has 0 heterocycles. The molecule has 12 heteroatoms. The molecule has 2 aromatic rings. The molecule has 0 aliphatic heterocycles. The van der Waals surface area contributed by atoms with E-state index in [-0.39, 0.29) is 18.5 Å². The Morgan fingerprint density at radius 1 is 1.06 bits per heavy atom. The number of urea groups is 1. The lowest BCUT2D eigenvalue weighted by atomic mass is 10.0. The van der Waals surface area contributed by atoms with E-state index in [0.717, 1.165) is 24.0 Å². The van der Waals surface area contributed by atoms with Crippen LogP contribution in [0.5, 0.6) is 0 Å². The van der Waals surface area contributed by atoms with Crippen molar-refractivity contribution in [3.05, 3.63) is 54.1 Å². The fourth-order valence-corrected chi connectivity index (χ4v) is 4.60. The van der Waals surface area contributed by atoms with Gasteiger partial charge in [-0.15, -0.1) is 0 Å². The topological polar surface area (TPSA) is 125 Å². The highest BCUT2D eigenvalue weighted by atomic mass is 32.2. The van der Waals surface area contributed by atoms with Crippen molar-refractivity contribution in [2.75, 3.05) is 11.1 Å². The van der Waals surface area contributed by atoms with E-state index in [1.807, 2.05) is 10.8 Å². The van der Waals surface area contributed by atoms with Gasteiger partial charge in [0.05, 0.1) is 5.75 Å². The molecule has 1 fully saturated rings. The second kappa shape index (κ2) is 11.1. The first-order valence-electron chi connectivity index (χ1n) is 11.0. The quantitative estimate of drug-likeness (QED) is 0.363. The molecule has 0 aromatic heterocycles. The number of sulfonamides is 1. The summed E-state index contributed by atoms with van der Waals surface area (Å²) in [6, 6.07) is 12.3. The Kier molecular flexibility index (Phi) is 8.39.